The van der Waals surface area contributed by atoms with Crippen LogP contribution in [-0.4, -0.2) is 18.5 Å². The van der Waals surface area contributed by atoms with Crippen LogP contribution in [0.4, 0.5) is 16.2 Å². The Kier molecular flexibility index (Phi) is 6.39. The molecule has 26 heavy (non-hydrogen) atoms. The average molecular weight is 353 g/mol. The van der Waals surface area contributed by atoms with E-state index in [1.807, 2.05) is 0 Å². The third-order valence-corrected chi connectivity index (χ3v) is 3.98. The standard InChI is InChI=1S/C21H27N3O2/c1-15(25)23-18-9-11-19(12-10-18)24-20(26)22-14-13-16-5-7-17(8-6-16)21(2,3)4/h5-12H,13-14H2,1-4H3,(H,23,25)(H2,22,24,26). The predicted octanol–water partition coefficient (Wildman–Crippen LogP) is 4.31. The molecular formula is C21H27N3O2. The van der Waals surface area contributed by atoms with Gasteiger partial charge in [0.05, 0.1) is 0 Å². The molecule has 0 aliphatic rings. The van der Waals surface area contributed by atoms with E-state index < -0.39 is 0 Å². The van der Waals surface area contributed by atoms with Gasteiger partial charge in [-0.05, 0) is 47.2 Å². The minimum Gasteiger partial charge on any atom is -0.338 e. The summed E-state index contributed by atoms with van der Waals surface area (Å²) in [5.41, 5.74) is 4.01. The fourth-order valence-corrected chi connectivity index (χ4v) is 2.51. The van der Waals surface area contributed by atoms with Crippen LogP contribution in [0.5, 0.6) is 0 Å². The molecule has 0 unspecified atom stereocenters. The summed E-state index contributed by atoms with van der Waals surface area (Å²) in [7, 11) is 0. The van der Waals surface area contributed by atoms with Crippen LogP contribution in [-0.2, 0) is 16.6 Å². The highest BCUT2D eigenvalue weighted by Gasteiger charge is 2.12. The first kappa shape index (κ1) is 19.5. The molecule has 0 heterocycles. The summed E-state index contributed by atoms with van der Waals surface area (Å²) in [4.78, 5) is 22.9. The highest BCUT2D eigenvalue weighted by molar-refractivity contribution is 5.91. The van der Waals surface area contributed by atoms with Gasteiger partial charge in [0.2, 0.25) is 5.91 Å². The van der Waals surface area contributed by atoms with Crippen LogP contribution in [0.25, 0.3) is 0 Å². The normalized spacial score (nSPS) is 10.9. The molecule has 0 saturated heterocycles. The molecule has 0 aliphatic carbocycles. The van der Waals surface area contributed by atoms with Gasteiger partial charge in [0, 0.05) is 24.8 Å². The topological polar surface area (TPSA) is 70.2 Å². The van der Waals surface area contributed by atoms with E-state index in [1.165, 1.54) is 18.1 Å². The van der Waals surface area contributed by atoms with Crippen LogP contribution in [0.2, 0.25) is 0 Å². The molecule has 2 rings (SSSR count). The summed E-state index contributed by atoms with van der Waals surface area (Å²) < 4.78 is 0. The second-order valence-electron chi connectivity index (χ2n) is 7.34. The van der Waals surface area contributed by atoms with Gasteiger partial charge in [-0.3, -0.25) is 4.79 Å². The molecule has 5 heteroatoms. The molecule has 0 bridgehead atoms. The number of urea groups is 1. The third kappa shape index (κ3) is 6.24. The van der Waals surface area contributed by atoms with Crippen molar-refractivity contribution in [3.05, 3.63) is 59.7 Å². The van der Waals surface area contributed by atoms with Crippen LogP contribution in [0.1, 0.15) is 38.8 Å². The number of amides is 3. The lowest BCUT2D eigenvalue weighted by Gasteiger charge is -2.19. The van der Waals surface area contributed by atoms with Crippen molar-refractivity contribution in [3.63, 3.8) is 0 Å². The van der Waals surface area contributed by atoms with E-state index in [4.69, 9.17) is 0 Å². The van der Waals surface area contributed by atoms with Crippen LogP contribution >= 0.6 is 0 Å². The van der Waals surface area contributed by atoms with E-state index in [1.54, 1.807) is 24.3 Å². The van der Waals surface area contributed by atoms with E-state index in [-0.39, 0.29) is 17.4 Å². The van der Waals surface area contributed by atoms with Crippen molar-refractivity contribution in [2.24, 2.45) is 0 Å². The summed E-state index contributed by atoms with van der Waals surface area (Å²) in [6.07, 6.45) is 0.777. The minimum absolute atomic E-state index is 0.126. The van der Waals surface area contributed by atoms with Gasteiger partial charge >= 0.3 is 6.03 Å². The quantitative estimate of drug-likeness (QED) is 0.750. The Morgan fingerprint density at radius 2 is 1.38 bits per heavy atom. The predicted molar refractivity (Wildman–Crippen MR) is 107 cm³/mol. The maximum Gasteiger partial charge on any atom is 0.319 e. The van der Waals surface area contributed by atoms with Gasteiger partial charge in [0.15, 0.2) is 0 Å². The highest BCUT2D eigenvalue weighted by atomic mass is 16.2. The van der Waals surface area contributed by atoms with Crippen LogP contribution in [0.15, 0.2) is 48.5 Å². The Balaban J connectivity index is 1.77. The molecule has 2 aromatic rings. The molecule has 0 saturated carbocycles. The van der Waals surface area contributed by atoms with E-state index in [2.05, 4.69) is 61.0 Å². The highest BCUT2D eigenvalue weighted by Crippen LogP contribution is 2.22. The third-order valence-electron chi connectivity index (χ3n) is 3.98. The number of anilines is 2. The Bertz CT molecular complexity index is 744. The second-order valence-corrected chi connectivity index (χ2v) is 7.34. The van der Waals surface area contributed by atoms with Gasteiger partial charge in [-0.1, -0.05) is 45.0 Å². The molecule has 3 N–H and O–H groups in total. The lowest BCUT2D eigenvalue weighted by molar-refractivity contribution is -0.114. The first-order valence-electron chi connectivity index (χ1n) is 8.76. The number of hydrogen-bond acceptors (Lipinski definition) is 2. The first-order valence-corrected chi connectivity index (χ1v) is 8.76. The molecular weight excluding hydrogens is 326 g/mol. The summed E-state index contributed by atoms with van der Waals surface area (Å²) >= 11 is 0. The number of nitrogens with one attached hydrogen (secondary N) is 3. The fourth-order valence-electron chi connectivity index (χ4n) is 2.51. The summed E-state index contributed by atoms with van der Waals surface area (Å²) in [6.45, 7) is 8.59. The maximum absolute atomic E-state index is 12.0. The van der Waals surface area contributed by atoms with Crippen LogP contribution in [0, 0.1) is 0 Å². The first-order chi connectivity index (χ1) is 12.2. The van der Waals surface area contributed by atoms with Crippen molar-refractivity contribution in [2.75, 3.05) is 17.2 Å². The molecule has 3 amide bonds. The number of carbonyl (C=O) groups is 2. The Hall–Kier alpha value is -2.82. The SMILES string of the molecule is CC(=O)Nc1ccc(NC(=O)NCCc2ccc(C(C)(C)C)cc2)cc1. The zero-order chi connectivity index (χ0) is 19.2. The molecule has 0 fully saturated rings. The van der Waals surface area contributed by atoms with Gasteiger partial charge < -0.3 is 16.0 Å². The van der Waals surface area contributed by atoms with Gasteiger partial charge in [-0.2, -0.15) is 0 Å². The van der Waals surface area contributed by atoms with Crippen molar-refractivity contribution in [1.82, 2.24) is 5.32 Å². The Morgan fingerprint density at radius 1 is 0.846 bits per heavy atom. The maximum atomic E-state index is 12.0. The Morgan fingerprint density at radius 3 is 1.88 bits per heavy atom. The van der Waals surface area contributed by atoms with E-state index in [9.17, 15) is 9.59 Å². The fraction of sp³-hybridized carbons (Fsp3) is 0.333. The van der Waals surface area contributed by atoms with Crippen LogP contribution in [0.3, 0.4) is 0 Å². The van der Waals surface area contributed by atoms with E-state index in [0.29, 0.717) is 17.9 Å². The van der Waals surface area contributed by atoms with Crippen molar-refractivity contribution in [1.29, 1.82) is 0 Å². The number of carbonyl (C=O) groups excluding carboxylic acids is 2. The molecule has 5 nitrogen and oxygen atoms in total. The molecule has 0 aromatic heterocycles. The molecule has 0 atom stereocenters. The smallest absolute Gasteiger partial charge is 0.319 e. The average Bonchev–Trinajstić information content (AvgIpc) is 2.56. The van der Waals surface area contributed by atoms with E-state index >= 15 is 0 Å². The summed E-state index contributed by atoms with van der Waals surface area (Å²) in [5.74, 6) is -0.126. The monoisotopic (exact) mass is 353 g/mol. The molecule has 0 spiro atoms. The van der Waals surface area contributed by atoms with Gasteiger partial charge in [0.25, 0.3) is 0 Å². The van der Waals surface area contributed by atoms with Crippen molar-refractivity contribution in [3.8, 4) is 0 Å². The van der Waals surface area contributed by atoms with Crippen molar-refractivity contribution in [2.45, 2.75) is 39.5 Å². The zero-order valence-electron chi connectivity index (χ0n) is 15.8. The van der Waals surface area contributed by atoms with E-state index in [0.717, 1.165) is 6.42 Å². The summed E-state index contributed by atoms with van der Waals surface area (Å²) in [5, 5.41) is 8.31. The second kappa shape index (κ2) is 8.52. The largest absolute Gasteiger partial charge is 0.338 e. The zero-order valence-corrected chi connectivity index (χ0v) is 15.8. The van der Waals surface area contributed by atoms with Crippen LogP contribution < -0.4 is 16.0 Å². The number of benzene rings is 2. The molecule has 0 aliphatic heterocycles. The lowest BCUT2D eigenvalue weighted by Crippen LogP contribution is -2.30. The van der Waals surface area contributed by atoms with Gasteiger partial charge in [-0.25, -0.2) is 4.79 Å². The lowest BCUT2D eigenvalue weighted by atomic mass is 9.86. The van der Waals surface area contributed by atoms with Gasteiger partial charge in [0.1, 0.15) is 0 Å². The number of rotatable bonds is 5. The number of hydrogen-bond donors (Lipinski definition) is 3. The molecule has 138 valence electrons. The summed E-state index contributed by atoms with van der Waals surface area (Å²) in [6, 6.07) is 15.2. The van der Waals surface area contributed by atoms with Crippen molar-refractivity contribution < 1.29 is 9.59 Å². The Labute approximate surface area is 155 Å². The molecule has 2 aromatic carbocycles. The van der Waals surface area contributed by atoms with Gasteiger partial charge in [-0.15, -0.1) is 0 Å². The minimum atomic E-state index is -0.247. The molecule has 0 radical (unpaired) electrons. The van der Waals surface area contributed by atoms with Crippen molar-refractivity contribution >= 4 is 23.3 Å².